The molecule has 1 heterocycles. The number of hydrogen-bond donors (Lipinski definition) is 0. The summed E-state index contributed by atoms with van der Waals surface area (Å²) < 4.78 is 37.2. The van der Waals surface area contributed by atoms with Crippen molar-refractivity contribution in [2.75, 3.05) is 13.7 Å². The van der Waals surface area contributed by atoms with Crippen LogP contribution in [0.3, 0.4) is 0 Å². The van der Waals surface area contributed by atoms with Gasteiger partial charge in [-0.2, -0.15) is 4.31 Å². The molecule has 0 saturated carbocycles. The maximum Gasteiger partial charge on any atom is 0.306 e. The molecule has 124 valence electrons. The van der Waals surface area contributed by atoms with Crippen LogP contribution in [-0.4, -0.2) is 32.3 Å². The Hall–Kier alpha value is -1.64. The van der Waals surface area contributed by atoms with E-state index in [2.05, 4.69) is 20.7 Å². The van der Waals surface area contributed by atoms with Gasteiger partial charge in [0.05, 0.1) is 31.2 Å². The number of carbonyl (C=O) groups is 1. The molecular formula is C15H16BrNO5S. The molecular weight excluding hydrogens is 386 g/mol. The Bertz CT molecular complexity index is 758. The quantitative estimate of drug-likeness (QED) is 0.666. The molecule has 1 aromatic carbocycles. The van der Waals surface area contributed by atoms with Crippen LogP contribution in [0.5, 0.6) is 0 Å². The highest BCUT2D eigenvalue weighted by molar-refractivity contribution is 9.10. The van der Waals surface area contributed by atoms with Gasteiger partial charge in [-0.15, -0.1) is 0 Å². The van der Waals surface area contributed by atoms with E-state index in [4.69, 9.17) is 4.42 Å². The second-order valence-corrected chi connectivity index (χ2v) is 7.44. The first-order valence-electron chi connectivity index (χ1n) is 6.79. The van der Waals surface area contributed by atoms with Gasteiger partial charge in [0.1, 0.15) is 5.76 Å². The number of halogens is 1. The number of hydrogen-bond acceptors (Lipinski definition) is 5. The average Bonchev–Trinajstić information content (AvgIpc) is 3.04. The van der Waals surface area contributed by atoms with Crippen molar-refractivity contribution in [2.24, 2.45) is 0 Å². The number of ether oxygens (including phenoxy) is 1. The normalized spacial score (nSPS) is 11.6. The van der Waals surface area contributed by atoms with Gasteiger partial charge < -0.3 is 9.15 Å². The lowest BCUT2D eigenvalue weighted by Gasteiger charge is -2.21. The predicted molar refractivity (Wildman–Crippen MR) is 87.1 cm³/mol. The lowest BCUT2D eigenvalue weighted by Crippen LogP contribution is -2.33. The summed E-state index contributed by atoms with van der Waals surface area (Å²) in [5.74, 6) is 0.0160. The topological polar surface area (TPSA) is 76.8 Å². The van der Waals surface area contributed by atoms with Crippen LogP contribution in [0.25, 0.3) is 0 Å². The Morgan fingerprint density at radius 2 is 2.00 bits per heavy atom. The second-order valence-electron chi connectivity index (χ2n) is 4.67. The zero-order chi connectivity index (χ0) is 16.9. The third-order valence-electron chi connectivity index (χ3n) is 3.16. The largest absolute Gasteiger partial charge is 0.469 e. The summed E-state index contributed by atoms with van der Waals surface area (Å²) in [4.78, 5) is 11.5. The smallest absolute Gasteiger partial charge is 0.306 e. The number of benzene rings is 1. The highest BCUT2D eigenvalue weighted by Gasteiger charge is 2.27. The molecule has 0 spiro atoms. The average molecular weight is 402 g/mol. The van der Waals surface area contributed by atoms with E-state index in [9.17, 15) is 13.2 Å². The first-order valence-corrected chi connectivity index (χ1v) is 9.02. The van der Waals surface area contributed by atoms with Crippen molar-refractivity contribution >= 4 is 31.9 Å². The van der Waals surface area contributed by atoms with E-state index in [0.29, 0.717) is 10.2 Å². The van der Waals surface area contributed by atoms with Crippen LogP contribution in [0.2, 0.25) is 0 Å². The van der Waals surface area contributed by atoms with Crippen LogP contribution in [0.15, 0.2) is 56.4 Å². The van der Waals surface area contributed by atoms with Crippen molar-refractivity contribution in [2.45, 2.75) is 17.9 Å². The summed E-state index contributed by atoms with van der Waals surface area (Å²) >= 11 is 3.25. The van der Waals surface area contributed by atoms with Gasteiger partial charge in [0, 0.05) is 11.0 Å². The lowest BCUT2D eigenvalue weighted by molar-refractivity contribution is -0.140. The lowest BCUT2D eigenvalue weighted by atomic mass is 10.4. The minimum Gasteiger partial charge on any atom is -0.469 e. The molecule has 0 saturated heterocycles. The van der Waals surface area contributed by atoms with E-state index in [1.54, 1.807) is 30.3 Å². The van der Waals surface area contributed by atoms with Gasteiger partial charge in [-0.3, -0.25) is 4.79 Å². The molecule has 1 aromatic heterocycles. The first-order chi connectivity index (χ1) is 10.9. The van der Waals surface area contributed by atoms with E-state index in [0.717, 1.165) is 0 Å². The molecule has 0 aliphatic carbocycles. The maximum absolute atomic E-state index is 12.9. The van der Waals surface area contributed by atoms with Crippen LogP contribution in [0, 0.1) is 0 Å². The number of methoxy groups -OCH3 is 1. The molecule has 0 aliphatic heterocycles. The standard InChI is InChI=1S/C15H16BrNO5S/c1-21-15(18)8-9-17(11-12-5-4-10-22-12)23(19,20)14-7-3-2-6-13(14)16/h2-7,10H,8-9,11H2,1H3. The summed E-state index contributed by atoms with van der Waals surface area (Å²) in [6, 6.07) is 9.89. The van der Waals surface area contributed by atoms with Crippen molar-refractivity contribution in [1.29, 1.82) is 0 Å². The Morgan fingerprint density at radius 1 is 1.26 bits per heavy atom. The van der Waals surface area contributed by atoms with Crippen LogP contribution in [0.4, 0.5) is 0 Å². The molecule has 2 aromatic rings. The zero-order valence-corrected chi connectivity index (χ0v) is 14.8. The third kappa shape index (κ3) is 4.43. The summed E-state index contributed by atoms with van der Waals surface area (Å²) in [6.45, 7) is 0.0324. The summed E-state index contributed by atoms with van der Waals surface area (Å²) in [7, 11) is -2.53. The molecule has 0 N–H and O–H groups in total. The van der Waals surface area contributed by atoms with Crippen molar-refractivity contribution in [3.63, 3.8) is 0 Å². The molecule has 0 radical (unpaired) electrons. The molecule has 0 unspecified atom stereocenters. The third-order valence-corrected chi connectivity index (χ3v) is 6.02. The minimum atomic E-state index is -3.79. The fraction of sp³-hybridized carbons (Fsp3) is 0.267. The van der Waals surface area contributed by atoms with Crippen molar-refractivity contribution < 1.29 is 22.4 Å². The van der Waals surface area contributed by atoms with E-state index in [-0.39, 0.29) is 24.4 Å². The van der Waals surface area contributed by atoms with Gasteiger partial charge in [0.15, 0.2) is 0 Å². The number of esters is 1. The number of carbonyl (C=O) groups excluding carboxylic acids is 1. The van der Waals surface area contributed by atoms with Crippen molar-refractivity contribution in [1.82, 2.24) is 4.31 Å². The molecule has 6 nitrogen and oxygen atoms in total. The SMILES string of the molecule is COC(=O)CCN(Cc1ccco1)S(=O)(=O)c1ccccc1Br. The first kappa shape index (κ1) is 17.7. The van der Waals surface area contributed by atoms with Crippen molar-refractivity contribution in [3.8, 4) is 0 Å². The van der Waals surface area contributed by atoms with Crippen LogP contribution in [0.1, 0.15) is 12.2 Å². The van der Waals surface area contributed by atoms with E-state index in [1.807, 2.05) is 0 Å². The van der Waals surface area contributed by atoms with E-state index >= 15 is 0 Å². The molecule has 0 atom stereocenters. The number of nitrogens with zero attached hydrogens (tertiary/aromatic N) is 1. The summed E-state index contributed by atoms with van der Waals surface area (Å²) in [6.07, 6.45) is 1.43. The summed E-state index contributed by atoms with van der Waals surface area (Å²) in [5.41, 5.74) is 0. The van der Waals surface area contributed by atoms with Crippen molar-refractivity contribution in [3.05, 3.63) is 52.9 Å². The van der Waals surface area contributed by atoms with Crippen LogP contribution in [-0.2, 0) is 26.1 Å². The van der Waals surface area contributed by atoms with Crippen LogP contribution < -0.4 is 0 Å². The summed E-state index contributed by atoms with van der Waals surface area (Å²) in [5, 5.41) is 0. The molecule has 0 amide bonds. The van der Waals surface area contributed by atoms with Gasteiger partial charge >= 0.3 is 5.97 Å². The van der Waals surface area contributed by atoms with E-state index in [1.165, 1.54) is 23.7 Å². The number of rotatable bonds is 7. The number of furan rings is 1. The minimum absolute atomic E-state index is 0.00294. The monoisotopic (exact) mass is 401 g/mol. The molecule has 0 aliphatic rings. The zero-order valence-electron chi connectivity index (χ0n) is 12.4. The Balaban J connectivity index is 2.31. The van der Waals surface area contributed by atoms with Gasteiger partial charge in [-0.25, -0.2) is 8.42 Å². The maximum atomic E-state index is 12.9. The van der Waals surface area contributed by atoms with Gasteiger partial charge in [-0.05, 0) is 40.2 Å². The Kier molecular flexibility index (Phi) is 5.97. The molecule has 0 bridgehead atoms. The molecule has 8 heteroatoms. The van der Waals surface area contributed by atoms with Gasteiger partial charge in [0.2, 0.25) is 10.0 Å². The Morgan fingerprint density at radius 3 is 2.61 bits per heavy atom. The predicted octanol–water partition coefficient (Wildman–Crippen LogP) is 2.80. The highest BCUT2D eigenvalue weighted by Crippen LogP contribution is 2.26. The molecule has 0 fully saturated rings. The molecule has 23 heavy (non-hydrogen) atoms. The molecule has 2 rings (SSSR count). The fourth-order valence-corrected chi connectivity index (χ4v) is 4.34. The van der Waals surface area contributed by atoms with E-state index < -0.39 is 16.0 Å². The highest BCUT2D eigenvalue weighted by atomic mass is 79.9. The number of sulfonamides is 1. The van der Waals surface area contributed by atoms with Gasteiger partial charge in [0.25, 0.3) is 0 Å². The Labute approximate surface area is 143 Å². The van der Waals surface area contributed by atoms with Gasteiger partial charge in [-0.1, -0.05) is 12.1 Å². The second kappa shape index (κ2) is 7.76. The van der Waals surface area contributed by atoms with Crippen LogP contribution >= 0.6 is 15.9 Å². The fourth-order valence-electron chi connectivity index (χ4n) is 1.97.